The number of amides is 2. The van der Waals surface area contributed by atoms with Crippen LogP contribution in [0.15, 0.2) is 77.2 Å². The van der Waals surface area contributed by atoms with Crippen LogP contribution in [0, 0.1) is 0 Å². The molecule has 2 aromatic carbocycles. The molecule has 0 atom stereocenters. The average molecular weight is 445 g/mol. The van der Waals surface area contributed by atoms with Gasteiger partial charge in [0.1, 0.15) is 11.5 Å². The van der Waals surface area contributed by atoms with E-state index in [1.807, 2.05) is 82.6 Å². The summed E-state index contributed by atoms with van der Waals surface area (Å²) in [6, 6.07) is 23.5. The predicted octanol–water partition coefficient (Wildman–Crippen LogP) is 5.42. The molecule has 4 rings (SSSR count). The summed E-state index contributed by atoms with van der Waals surface area (Å²) in [6.07, 6.45) is 3.60. The first-order valence-corrected chi connectivity index (χ1v) is 11.9. The van der Waals surface area contributed by atoms with Gasteiger partial charge in [-0.05, 0) is 43.5 Å². The van der Waals surface area contributed by atoms with Crippen molar-refractivity contribution in [1.29, 1.82) is 0 Å². The molecule has 0 aliphatic carbocycles. The molecule has 0 unspecified atom stereocenters. The van der Waals surface area contributed by atoms with Crippen molar-refractivity contribution in [2.45, 2.75) is 45.1 Å². The normalized spacial score (nSPS) is 14.3. The highest BCUT2D eigenvalue weighted by Crippen LogP contribution is 2.24. The van der Waals surface area contributed by atoms with Crippen molar-refractivity contribution in [3.63, 3.8) is 0 Å². The lowest BCUT2D eigenvalue weighted by atomic mass is 10.0. The molecule has 1 saturated heterocycles. The van der Waals surface area contributed by atoms with E-state index >= 15 is 0 Å². The second-order valence-corrected chi connectivity index (χ2v) is 8.61. The molecule has 0 radical (unpaired) electrons. The average Bonchev–Trinajstić information content (AvgIpc) is 3.36. The van der Waals surface area contributed by atoms with Gasteiger partial charge >= 0.3 is 0 Å². The Morgan fingerprint density at radius 1 is 0.939 bits per heavy atom. The van der Waals surface area contributed by atoms with Gasteiger partial charge in [0.2, 0.25) is 5.91 Å². The number of benzene rings is 2. The molecule has 1 aliphatic heterocycles. The van der Waals surface area contributed by atoms with Crippen LogP contribution in [0.5, 0.6) is 0 Å². The summed E-state index contributed by atoms with van der Waals surface area (Å²) in [7, 11) is 0. The highest BCUT2D eigenvalue weighted by molar-refractivity contribution is 5.94. The maximum absolute atomic E-state index is 13.1. The van der Waals surface area contributed by atoms with Crippen LogP contribution >= 0.6 is 0 Å². The molecule has 1 aliphatic rings. The molecule has 1 aromatic heterocycles. The molecule has 2 amide bonds. The van der Waals surface area contributed by atoms with Crippen LogP contribution in [-0.4, -0.2) is 47.3 Å². The van der Waals surface area contributed by atoms with Gasteiger partial charge < -0.3 is 14.2 Å². The molecule has 0 bridgehead atoms. The quantitative estimate of drug-likeness (QED) is 0.466. The number of carbonyl (C=O) groups excluding carboxylic acids is 2. The van der Waals surface area contributed by atoms with E-state index in [9.17, 15) is 9.59 Å². The summed E-state index contributed by atoms with van der Waals surface area (Å²) in [4.78, 5) is 29.8. The Balaban J connectivity index is 1.31. The minimum atomic E-state index is 0.0782. The maximum Gasteiger partial charge on any atom is 0.253 e. The molecule has 1 fully saturated rings. The van der Waals surface area contributed by atoms with Crippen LogP contribution in [0.1, 0.15) is 48.7 Å². The van der Waals surface area contributed by atoms with Crippen molar-refractivity contribution in [2.24, 2.45) is 0 Å². The number of furan rings is 1. The van der Waals surface area contributed by atoms with Crippen molar-refractivity contribution < 1.29 is 14.0 Å². The smallest absolute Gasteiger partial charge is 0.253 e. The summed E-state index contributed by atoms with van der Waals surface area (Å²) in [5.74, 6) is 1.91. The first-order valence-electron chi connectivity index (χ1n) is 11.9. The zero-order valence-corrected chi connectivity index (χ0v) is 19.3. The Bertz CT molecular complexity index is 1040. The molecule has 33 heavy (non-hydrogen) atoms. The third-order valence-corrected chi connectivity index (χ3v) is 6.30. The molecular formula is C28H32N2O3. The van der Waals surface area contributed by atoms with Crippen LogP contribution in [0.4, 0.5) is 0 Å². The summed E-state index contributed by atoms with van der Waals surface area (Å²) in [5.41, 5.74) is 1.77. The maximum atomic E-state index is 13.1. The van der Waals surface area contributed by atoms with Crippen molar-refractivity contribution >= 4 is 11.8 Å². The van der Waals surface area contributed by atoms with Crippen LogP contribution in [0.2, 0.25) is 0 Å². The molecule has 3 aromatic rings. The van der Waals surface area contributed by atoms with E-state index in [0.29, 0.717) is 25.9 Å². The van der Waals surface area contributed by atoms with Gasteiger partial charge in [0.25, 0.3) is 5.91 Å². The van der Waals surface area contributed by atoms with E-state index in [-0.39, 0.29) is 17.9 Å². The molecule has 5 heteroatoms. The highest BCUT2D eigenvalue weighted by Gasteiger charge is 2.29. The molecule has 0 N–H and O–H groups in total. The predicted molar refractivity (Wildman–Crippen MR) is 130 cm³/mol. The number of aryl methyl sites for hydroxylation is 1. The van der Waals surface area contributed by atoms with Crippen molar-refractivity contribution in [2.75, 3.05) is 19.6 Å². The largest absolute Gasteiger partial charge is 0.461 e. The van der Waals surface area contributed by atoms with Gasteiger partial charge in [-0.2, -0.15) is 0 Å². The molecule has 5 nitrogen and oxygen atoms in total. The van der Waals surface area contributed by atoms with E-state index in [1.54, 1.807) is 0 Å². The van der Waals surface area contributed by atoms with E-state index in [1.165, 1.54) is 0 Å². The van der Waals surface area contributed by atoms with E-state index in [4.69, 9.17) is 4.42 Å². The Kier molecular flexibility index (Phi) is 7.61. The van der Waals surface area contributed by atoms with Gasteiger partial charge in [-0.1, -0.05) is 55.5 Å². The minimum absolute atomic E-state index is 0.0782. The number of rotatable bonds is 8. The number of piperidine rings is 1. The topological polar surface area (TPSA) is 53.8 Å². The lowest BCUT2D eigenvalue weighted by Gasteiger charge is -2.38. The number of hydrogen-bond donors (Lipinski definition) is 0. The Morgan fingerprint density at radius 2 is 1.61 bits per heavy atom. The lowest BCUT2D eigenvalue weighted by molar-refractivity contribution is -0.134. The molecule has 172 valence electrons. The van der Waals surface area contributed by atoms with E-state index in [2.05, 4.69) is 6.92 Å². The van der Waals surface area contributed by atoms with Gasteiger partial charge in [0.15, 0.2) is 0 Å². The van der Waals surface area contributed by atoms with E-state index < -0.39 is 0 Å². The van der Waals surface area contributed by atoms with Crippen molar-refractivity contribution in [3.8, 4) is 11.3 Å². The fraction of sp³-hybridized carbons (Fsp3) is 0.357. The first kappa shape index (κ1) is 22.8. The molecule has 0 spiro atoms. The minimum Gasteiger partial charge on any atom is -0.461 e. The zero-order valence-electron chi connectivity index (χ0n) is 19.3. The summed E-state index contributed by atoms with van der Waals surface area (Å²) in [5, 5.41) is 0. The van der Waals surface area contributed by atoms with Crippen LogP contribution in [-0.2, 0) is 11.2 Å². The van der Waals surface area contributed by atoms with Gasteiger partial charge in [-0.15, -0.1) is 0 Å². The van der Waals surface area contributed by atoms with Gasteiger partial charge in [0, 0.05) is 49.6 Å². The van der Waals surface area contributed by atoms with E-state index in [0.717, 1.165) is 48.5 Å². The summed E-state index contributed by atoms with van der Waals surface area (Å²) in [6.45, 7) is 4.23. The fourth-order valence-corrected chi connectivity index (χ4v) is 4.54. The highest BCUT2D eigenvalue weighted by atomic mass is 16.3. The summed E-state index contributed by atoms with van der Waals surface area (Å²) < 4.78 is 5.97. The van der Waals surface area contributed by atoms with Crippen molar-refractivity contribution in [1.82, 2.24) is 9.80 Å². The van der Waals surface area contributed by atoms with Crippen LogP contribution < -0.4 is 0 Å². The lowest BCUT2D eigenvalue weighted by Crippen LogP contribution is -2.49. The Hall–Kier alpha value is -3.34. The SMILES string of the molecule is CCCN(C(=O)CCc1ccc(-c2ccccc2)o1)C1CCN(C(=O)c2ccccc2)CC1. The second-order valence-electron chi connectivity index (χ2n) is 8.61. The molecular weight excluding hydrogens is 412 g/mol. The number of carbonyl (C=O) groups is 2. The van der Waals surface area contributed by atoms with Crippen LogP contribution in [0.3, 0.4) is 0 Å². The fourth-order valence-electron chi connectivity index (χ4n) is 4.54. The second kappa shape index (κ2) is 11.0. The number of hydrogen-bond acceptors (Lipinski definition) is 3. The van der Waals surface area contributed by atoms with Crippen molar-refractivity contribution in [3.05, 3.63) is 84.1 Å². The Morgan fingerprint density at radius 3 is 2.27 bits per heavy atom. The third-order valence-electron chi connectivity index (χ3n) is 6.30. The van der Waals surface area contributed by atoms with Gasteiger partial charge in [-0.25, -0.2) is 0 Å². The summed E-state index contributed by atoms with van der Waals surface area (Å²) >= 11 is 0. The molecule has 0 saturated carbocycles. The standard InChI is InChI=1S/C28H32N2O3/c1-2-19-30(24-17-20-29(21-18-24)28(32)23-11-7-4-8-12-23)27(31)16-14-25-13-15-26(33-25)22-9-5-3-6-10-22/h3-13,15,24H,2,14,16-21H2,1H3. The zero-order chi connectivity index (χ0) is 23.0. The van der Waals surface area contributed by atoms with Gasteiger partial charge in [0.05, 0.1) is 0 Å². The number of likely N-dealkylation sites (tertiary alicyclic amines) is 1. The third kappa shape index (κ3) is 5.72. The Labute approximate surface area is 196 Å². The van der Waals surface area contributed by atoms with Gasteiger partial charge in [-0.3, -0.25) is 9.59 Å². The molecule has 2 heterocycles. The first-order chi connectivity index (χ1) is 16.2. The monoisotopic (exact) mass is 444 g/mol. The van der Waals surface area contributed by atoms with Crippen LogP contribution in [0.25, 0.3) is 11.3 Å². The number of nitrogens with zero attached hydrogens (tertiary/aromatic N) is 2.